The fourth-order valence-corrected chi connectivity index (χ4v) is 4.90. The maximum atomic E-state index is 4.62. The van der Waals surface area contributed by atoms with Crippen molar-refractivity contribution in [1.82, 2.24) is 4.98 Å². The number of hydrogen-bond donors (Lipinski definition) is 0. The van der Waals surface area contributed by atoms with E-state index in [9.17, 15) is 0 Å². The Bertz CT molecular complexity index is 1840. The van der Waals surface area contributed by atoms with E-state index in [1.807, 2.05) is 24.3 Å². The van der Waals surface area contributed by atoms with Crippen molar-refractivity contribution in [1.29, 1.82) is 0 Å². The zero-order valence-electron chi connectivity index (χ0n) is 19.0. The topological polar surface area (TPSA) is 12.9 Å². The maximum Gasteiger partial charge on any atom is 0 e. The van der Waals surface area contributed by atoms with Crippen LogP contribution in [0.2, 0.25) is 0 Å². The number of nitrogens with zero attached hydrogens (tertiary/aromatic N) is 1. The van der Waals surface area contributed by atoms with Crippen LogP contribution in [0.25, 0.3) is 65.5 Å². The largest absolute Gasteiger partial charge is 0.362 e. The molecule has 161 valence electrons. The molecule has 0 amide bonds. The quantitative estimate of drug-likeness (QED) is 0.165. The number of aromatic nitrogens is 1. The van der Waals surface area contributed by atoms with Crippen LogP contribution in [0.4, 0.5) is 0 Å². The van der Waals surface area contributed by atoms with Gasteiger partial charge in [-0.15, -0.1) is 22.9 Å². The molecule has 6 aromatic carbocycles. The average molecular weight is 518 g/mol. The minimum atomic E-state index is 0. The van der Waals surface area contributed by atoms with Gasteiger partial charge >= 0.3 is 0 Å². The van der Waals surface area contributed by atoms with Crippen LogP contribution < -0.4 is 0 Å². The summed E-state index contributed by atoms with van der Waals surface area (Å²) in [6, 6.07) is 44.2. The smallest absolute Gasteiger partial charge is 0 e. The molecule has 0 aliphatic heterocycles. The van der Waals surface area contributed by atoms with Gasteiger partial charge in [0.25, 0.3) is 0 Å². The van der Waals surface area contributed by atoms with Crippen LogP contribution in [0.15, 0.2) is 115 Å². The number of rotatable bonds is 2. The molecule has 0 saturated carbocycles. The van der Waals surface area contributed by atoms with Gasteiger partial charge in [0, 0.05) is 32.7 Å². The van der Waals surface area contributed by atoms with Crippen LogP contribution in [0.1, 0.15) is 0 Å². The third kappa shape index (κ3) is 3.95. The van der Waals surface area contributed by atoms with Crippen LogP contribution >= 0.6 is 0 Å². The number of hydrogen-bond acceptors (Lipinski definition) is 1. The van der Waals surface area contributed by atoms with Crippen LogP contribution in [-0.2, 0) is 32.7 Å². The monoisotopic (exact) mass is 518 g/mol. The summed E-state index contributed by atoms with van der Waals surface area (Å²) in [5, 5.41) is 9.90. The van der Waals surface area contributed by atoms with E-state index >= 15 is 0 Å². The van der Waals surface area contributed by atoms with Crippen molar-refractivity contribution in [3.63, 3.8) is 0 Å². The molecule has 0 spiro atoms. The first kappa shape index (κ1) is 22.1. The van der Waals surface area contributed by atoms with Gasteiger partial charge in [-0.25, -0.2) is 11.1 Å². The molecule has 1 radical (unpaired) electrons. The molecule has 0 fully saturated rings. The summed E-state index contributed by atoms with van der Waals surface area (Å²) in [5.41, 5.74) is 4.01. The van der Waals surface area contributed by atoms with Gasteiger partial charge in [0.05, 0.1) is 0 Å². The van der Waals surface area contributed by atoms with Crippen molar-refractivity contribution >= 4 is 43.1 Å². The molecule has 7 rings (SSSR count). The molecule has 2 heteroatoms. The minimum absolute atomic E-state index is 0. The Morgan fingerprint density at radius 2 is 1.11 bits per heavy atom. The van der Waals surface area contributed by atoms with E-state index in [4.69, 9.17) is 0 Å². The van der Waals surface area contributed by atoms with Crippen LogP contribution in [-0.4, -0.2) is 4.98 Å². The summed E-state index contributed by atoms with van der Waals surface area (Å²) in [7, 11) is 0. The molecule has 7 aromatic rings. The Kier molecular flexibility index (Phi) is 5.68. The van der Waals surface area contributed by atoms with Gasteiger partial charge in [-0.3, -0.25) is 0 Å². The van der Waals surface area contributed by atoms with E-state index in [1.165, 1.54) is 43.1 Å². The van der Waals surface area contributed by atoms with Crippen molar-refractivity contribution < 1.29 is 32.7 Å². The number of benzene rings is 6. The SMILES string of the molecule is [Y].[c-]1nc(-c2ccccc2)ccc1-c1[c-]ccc2cc3cc4cc5ccccc5cc4cc3cc12. The Hall–Kier alpha value is -3.39. The molecule has 0 N–H and O–H groups in total. The van der Waals surface area contributed by atoms with Crippen molar-refractivity contribution in [2.75, 3.05) is 0 Å². The molecule has 0 bridgehead atoms. The molecule has 0 unspecified atom stereocenters. The first-order chi connectivity index (χ1) is 16.8. The summed E-state index contributed by atoms with van der Waals surface area (Å²) in [6.07, 6.45) is 3.26. The summed E-state index contributed by atoms with van der Waals surface area (Å²) in [6.45, 7) is 0. The Morgan fingerprint density at radius 3 is 1.77 bits per heavy atom. The predicted octanol–water partition coefficient (Wildman–Crippen LogP) is 8.63. The second-order valence-electron chi connectivity index (χ2n) is 8.76. The second-order valence-corrected chi connectivity index (χ2v) is 8.76. The van der Waals surface area contributed by atoms with Gasteiger partial charge in [-0.1, -0.05) is 72.9 Å². The second kappa shape index (κ2) is 9.00. The third-order valence-corrected chi connectivity index (χ3v) is 6.63. The van der Waals surface area contributed by atoms with E-state index in [1.54, 1.807) is 0 Å². The Morgan fingerprint density at radius 1 is 0.514 bits per heavy atom. The predicted molar refractivity (Wildman–Crippen MR) is 143 cm³/mol. The van der Waals surface area contributed by atoms with Crippen molar-refractivity contribution in [2.45, 2.75) is 0 Å². The molecular weight excluding hydrogens is 499 g/mol. The third-order valence-electron chi connectivity index (χ3n) is 6.63. The molecular formula is C33H19NY-2. The Labute approximate surface area is 229 Å². The fourth-order valence-electron chi connectivity index (χ4n) is 4.90. The summed E-state index contributed by atoms with van der Waals surface area (Å²) >= 11 is 0. The Balaban J connectivity index is 0.00000229. The van der Waals surface area contributed by atoms with E-state index in [0.29, 0.717) is 0 Å². The zero-order chi connectivity index (χ0) is 22.5. The molecule has 1 heterocycles. The van der Waals surface area contributed by atoms with E-state index < -0.39 is 0 Å². The molecule has 1 nitrogen and oxygen atoms in total. The van der Waals surface area contributed by atoms with Crippen molar-refractivity contribution in [3.05, 3.63) is 128 Å². The van der Waals surface area contributed by atoms with Gasteiger partial charge in [0.2, 0.25) is 0 Å². The first-order valence-electron chi connectivity index (χ1n) is 11.5. The van der Waals surface area contributed by atoms with Gasteiger partial charge in [0.1, 0.15) is 0 Å². The van der Waals surface area contributed by atoms with Crippen molar-refractivity contribution in [3.8, 4) is 22.4 Å². The van der Waals surface area contributed by atoms with Gasteiger partial charge in [0.15, 0.2) is 0 Å². The summed E-state index contributed by atoms with van der Waals surface area (Å²) < 4.78 is 0. The zero-order valence-corrected chi connectivity index (χ0v) is 21.8. The van der Waals surface area contributed by atoms with Crippen LogP contribution in [0, 0.1) is 12.3 Å². The van der Waals surface area contributed by atoms with E-state index in [2.05, 4.69) is 108 Å². The van der Waals surface area contributed by atoms with E-state index in [-0.39, 0.29) is 32.7 Å². The molecule has 0 saturated heterocycles. The van der Waals surface area contributed by atoms with Gasteiger partial charge < -0.3 is 4.98 Å². The average Bonchev–Trinajstić information content (AvgIpc) is 2.90. The van der Waals surface area contributed by atoms with Crippen LogP contribution in [0.3, 0.4) is 0 Å². The molecule has 0 aliphatic carbocycles. The maximum absolute atomic E-state index is 4.62. The first-order valence-corrected chi connectivity index (χ1v) is 11.5. The number of pyridine rings is 1. The van der Waals surface area contributed by atoms with Crippen molar-refractivity contribution in [2.24, 2.45) is 0 Å². The molecule has 0 atom stereocenters. The number of fused-ring (bicyclic) bond motifs is 4. The summed E-state index contributed by atoms with van der Waals surface area (Å²) in [5.74, 6) is 0. The van der Waals surface area contributed by atoms with Gasteiger partial charge in [-0.2, -0.15) is 18.2 Å². The molecule has 35 heavy (non-hydrogen) atoms. The fraction of sp³-hybridized carbons (Fsp3) is 0. The molecule has 0 aliphatic rings. The summed E-state index contributed by atoms with van der Waals surface area (Å²) in [4.78, 5) is 4.62. The minimum Gasteiger partial charge on any atom is -0.362 e. The van der Waals surface area contributed by atoms with E-state index in [0.717, 1.165) is 22.4 Å². The standard InChI is InChI=1S/C33H19N.Y/c1-2-7-22(8-3-1)33-14-13-26(21-34-33)31-12-6-11-25-17-29-18-27-15-23-9-4-5-10-24(23)16-28(27)19-30(29)20-32(25)31;/h1-11,13-20H;/q-2;. The van der Waals surface area contributed by atoms with Gasteiger partial charge in [-0.05, 0) is 67.8 Å². The van der Waals surface area contributed by atoms with Crippen LogP contribution in [0.5, 0.6) is 0 Å². The normalized spacial score (nSPS) is 11.2. The molecule has 1 aromatic heterocycles.